The Morgan fingerprint density at radius 3 is 2.42 bits per heavy atom. The zero-order valence-electron chi connectivity index (χ0n) is 18.3. The SMILES string of the molecule is CCC(C(=O)Nc1c(C#N)cccc1C(=O)OC)[PH]1(Cc2ccccc2)CCCCC1. The van der Waals surface area contributed by atoms with E-state index in [-0.39, 0.29) is 28.4 Å². The van der Waals surface area contributed by atoms with Crippen LogP contribution < -0.4 is 5.32 Å². The third-order valence-corrected chi connectivity index (χ3v) is 12.5. The van der Waals surface area contributed by atoms with Crippen molar-refractivity contribution in [1.82, 2.24) is 0 Å². The predicted molar refractivity (Wildman–Crippen MR) is 127 cm³/mol. The molecule has 1 N–H and O–H groups in total. The second-order valence-corrected chi connectivity index (χ2v) is 13.1. The predicted octanol–water partition coefficient (Wildman–Crippen LogP) is 5.20. The van der Waals surface area contributed by atoms with E-state index in [9.17, 15) is 14.9 Å². The fraction of sp³-hybridized carbons (Fsp3) is 0.400. The molecule has 0 aromatic heterocycles. The summed E-state index contributed by atoms with van der Waals surface area (Å²) in [6.45, 7) is 2.08. The van der Waals surface area contributed by atoms with E-state index in [1.807, 2.05) is 6.07 Å². The van der Waals surface area contributed by atoms with Gasteiger partial charge in [-0.05, 0) is 0 Å². The molecule has 1 fully saturated rings. The number of carbonyl (C=O) groups is 2. The van der Waals surface area contributed by atoms with Crippen LogP contribution in [0.25, 0.3) is 0 Å². The molecule has 3 rings (SSSR count). The minimum absolute atomic E-state index is 0.0696. The molecular formula is C25H31N2O3P. The van der Waals surface area contributed by atoms with Gasteiger partial charge in [0.25, 0.3) is 0 Å². The van der Waals surface area contributed by atoms with E-state index in [0.29, 0.717) is 0 Å². The van der Waals surface area contributed by atoms with Crippen LogP contribution in [0, 0.1) is 11.3 Å². The Kier molecular flexibility index (Phi) is 7.82. The molecule has 1 unspecified atom stereocenters. The third kappa shape index (κ3) is 5.14. The zero-order valence-corrected chi connectivity index (χ0v) is 19.3. The molecule has 1 aliphatic rings. The Bertz CT molecular complexity index is 962. The number of rotatable bonds is 7. The van der Waals surface area contributed by atoms with Crippen LogP contribution in [0.5, 0.6) is 0 Å². The topological polar surface area (TPSA) is 79.2 Å². The summed E-state index contributed by atoms with van der Waals surface area (Å²) in [4.78, 5) is 25.9. The summed E-state index contributed by atoms with van der Waals surface area (Å²) in [6, 6.07) is 17.4. The van der Waals surface area contributed by atoms with Crippen LogP contribution >= 0.6 is 7.26 Å². The van der Waals surface area contributed by atoms with Crippen LogP contribution in [0.4, 0.5) is 5.69 Å². The van der Waals surface area contributed by atoms with Gasteiger partial charge in [0.15, 0.2) is 0 Å². The molecule has 0 radical (unpaired) electrons. The van der Waals surface area contributed by atoms with Crippen LogP contribution in [0.1, 0.15) is 54.1 Å². The van der Waals surface area contributed by atoms with Gasteiger partial charge in [-0.25, -0.2) is 0 Å². The molecule has 0 saturated carbocycles. The van der Waals surface area contributed by atoms with Crippen molar-refractivity contribution in [3.63, 3.8) is 0 Å². The van der Waals surface area contributed by atoms with Crippen LogP contribution in [0.2, 0.25) is 0 Å². The summed E-state index contributed by atoms with van der Waals surface area (Å²) < 4.78 is 4.87. The Morgan fingerprint density at radius 1 is 1.10 bits per heavy atom. The normalized spacial score (nSPS) is 17.1. The number of hydrogen-bond donors (Lipinski definition) is 1. The monoisotopic (exact) mass is 438 g/mol. The maximum atomic E-state index is 13.6. The van der Waals surface area contributed by atoms with Gasteiger partial charge in [-0.2, -0.15) is 0 Å². The number of nitrogens with zero attached hydrogens (tertiary/aromatic N) is 1. The van der Waals surface area contributed by atoms with E-state index in [2.05, 4.69) is 42.6 Å². The number of esters is 1. The van der Waals surface area contributed by atoms with E-state index < -0.39 is 13.2 Å². The van der Waals surface area contributed by atoms with Crippen LogP contribution in [-0.2, 0) is 15.7 Å². The van der Waals surface area contributed by atoms with Gasteiger partial charge in [-0.1, -0.05) is 0 Å². The molecular weight excluding hydrogens is 407 g/mol. The van der Waals surface area contributed by atoms with E-state index in [1.54, 1.807) is 18.2 Å². The summed E-state index contributed by atoms with van der Waals surface area (Å²) >= 11 is 0. The summed E-state index contributed by atoms with van der Waals surface area (Å²) in [5, 5.41) is 12.5. The van der Waals surface area contributed by atoms with Crippen molar-refractivity contribution >= 4 is 24.8 Å². The summed E-state index contributed by atoms with van der Waals surface area (Å²) in [6.07, 6.45) is 7.59. The number of nitrogens with one attached hydrogen (secondary N) is 1. The first-order valence-electron chi connectivity index (χ1n) is 11.0. The summed E-state index contributed by atoms with van der Waals surface area (Å²) in [7, 11) is -0.664. The fourth-order valence-electron chi connectivity index (χ4n) is 5.07. The van der Waals surface area contributed by atoms with E-state index in [4.69, 9.17) is 4.74 Å². The molecule has 1 saturated heterocycles. The van der Waals surface area contributed by atoms with E-state index in [0.717, 1.165) is 24.9 Å². The number of anilines is 1. The zero-order chi connectivity index (χ0) is 22.3. The van der Waals surface area contributed by atoms with Crippen molar-refractivity contribution in [2.75, 3.05) is 24.8 Å². The average Bonchev–Trinajstić information content (AvgIpc) is 2.80. The van der Waals surface area contributed by atoms with Crippen LogP contribution in [0.3, 0.4) is 0 Å². The van der Waals surface area contributed by atoms with Gasteiger partial charge in [0.05, 0.1) is 0 Å². The number of hydrogen-bond acceptors (Lipinski definition) is 4. The Morgan fingerprint density at radius 2 is 1.81 bits per heavy atom. The first-order chi connectivity index (χ1) is 15.0. The van der Waals surface area contributed by atoms with E-state index >= 15 is 0 Å². The molecule has 0 bridgehead atoms. The molecule has 0 aliphatic carbocycles. The van der Waals surface area contributed by atoms with Crippen molar-refractivity contribution in [3.8, 4) is 6.07 Å². The molecule has 1 atom stereocenters. The third-order valence-electron chi connectivity index (χ3n) is 6.55. The molecule has 5 nitrogen and oxygen atoms in total. The van der Waals surface area contributed by atoms with Gasteiger partial charge in [0, 0.05) is 0 Å². The second-order valence-electron chi connectivity index (χ2n) is 8.37. The van der Waals surface area contributed by atoms with Gasteiger partial charge in [-0.3, -0.25) is 0 Å². The summed E-state index contributed by atoms with van der Waals surface area (Å²) in [5.74, 6) is -0.630. The Hall–Kier alpha value is -2.70. The second kappa shape index (κ2) is 10.6. The molecule has 6 heteroatoms. The molecule has 2 aromatic rings. The Labute approximate surface area is 185 Å². The summed E-state index contributed by atoms with van der Waals surface area (Å²) in [5.41, 5.74) is 1.97. The van der Waals surface area contributed by atoms with Crippen molar-refractivity contribution in [1.29, 1.82) is 5.26 Å². The standard InChI is InChI=1S/C25H31N2O3P/c1-3-22(31(15-8-5-9-16-31)18-19-11-6-4-7-12-19)24(28)27-23-20(17-26)13-10-14-21(23)25(29)30-2/h4,6-7,10-14,22,31H,3,5,8-9,15-16,18H2,1-2H3,(H,27,28). The van der Waals surface area contributed by atoms with Gasteiger partial charge in [0.1, 0.15) is 0 Å². The minimum atomic E-state index is -1.96. The van der Waals surface area contributed by atoms with Gasteiger partial charge >= 0.3 is 185 Å². The fourth-order valence-corrected chi connectivity index (χ4v) is 11.1. The average molecular weight is 439 g/mol. The molecule has 1 amide bonds. The molecule has 0 spiro atoms. The maximum absolute atomic E-state index is 13.6. The number of carbonyl (C=O) groups excluding carboxylic acids is 2. The number of benzene rings is 2. The molecule has 164 valence electrons. The van der Waals surface area contributed by atoms with Gasteiger partial charge in [0.2, 0.25) is 0 Å². The Balaban J connectivity index is 1.95. The van der Waals surface area contributed by atoms with Crippen LogP contribution in [-0.4, -0.2) is 37.0 Å². The number of amides is 1. The van der Waals surface area contributed by atoms with Gasteiger partial charge < -0.3 is 0 Å². The van der Waals surface area contributed by atoms with Gasteiger partial charge in [-0.15, -0.1) is 0 Å². The first-order valence-corrected chi connectivity index (χ1v) is 13.7. The van der Waals surface area contributed by atoms with Crippen molar-refractivity contribution in [3.05, 3.63) is 65.2 Å². The molecule has 1 heterocycles. The molecule has 2 aromatic carbocycles. The van der Waals surface area contributed by atoms with E-state index in [1.165, 1.54) is 31.9 Å². The number of nitriles is 1. The number of ether oxygens (including phenoxy) is 1. The number of para-hydroxylation sites is 1. The van der Waals surface area contributed by atoms with Crippen molar-refractivity contribution < 1.29 is 14.3 Å². The molecule has 1 aliphatic heterocycles. The first kappa shape index (κ1) is 23.0. The molecule has 31 heavy (non-hydrogen) atoms. The number of methoxy groups -OCH3 is 1. The quantitative estimate of drug-likeness (QED) is 0.476. The van der Waals surface area contributed by atoms with Crippen LogP contribution in [0.15, 0.2) is 48.5 Å². The van der Waals surface area contributed by atoms with Crippen molar-refractivity contribution in [2.24, 2.45) is 0 Å². The van der Waals surface area contributed by atoms with Crippen molar-refractivity contribution in [2.45, 2.75) is 44.4 Å².